The van der Waals surface area contributed by atoms with Crippen molar-refractivity contribution in [3.63, 3.8) is 0 Å². The lowest BCUT2D eigenvalue weighted by Gasteiger charge is -2.25. The van der Waals surface area contributed by atoms with Crippen molar-refractivity contribution in [2.75, 3.05) is 12.3 Å². The Balaban J connectivity index is 1.67. The Morgan fingerprint density at radius 2 is 2.00 bits per heavy atom. The van der Waals surface area contributed by atoms with Gasteiger partial charge in [0.05, 0.1) is 5.56 Å². The lowest BCUT2D eigenvalue weighted by Crippen LogP contribution is -2.30. The predicted octanol–water partition coefficient (Wildman–Crippen LogP) is 5.25. The first-order valence-electron chi connectivity index (χ1n) is 8.53. The van der Waals surface area contributed by atoms with E-state index in [9.17, 15) is 18.0 Å². The summed E-state index contributed by atoms with van der Waals surface area (Å²) in [5, 5.41) is -0.289. The van der Waals surface area contributed by atoms with Gasteiger partial charge in [0, 0.05) is 18.7 Å². The van der Waals surface area contributed by atoms with Crippen molar-refractivity contribution in [2.45, 2.75) is 50.1 Å². The zero-order valence-electron chi connectivity index (χ0n) is 13.5. The van der Waals surface area contributed by atoms with Crippen molar-refractivity contribution in [3.8, 4) is 0 Å². The Morgan fingerprint density at radius 1 is 1.25 bits per heavy atom. The van der Waals surface area contributed by atoms with E-state index in [1.54, 1.807) is 22.7 Å². The van der Waals surface area contributed by atoms with E-state index >= 15 is 0 Å². The molecule has 2 fully saturated rings. The van der Waals surface area contributed by atoms with E-state index in [1.807, 2.05) is 0 Å². The number of benzene rings is 1. The monoisotopic (exact) mass is 357 g/mol. The molecule has 0 unspecified atom stereocenters. The second-order valence-corrected chi connectivity index (χ2v) is 7.81. The molecule has 6 heteroatoms. The van der Waals surface area contributed by atoms with Gasteiger partial charge in [-0.05, 0) is 30.0 Å². The molecule has 3 rings (SSSR count). The summed E-state index contributed by atoms with van der Waals surface area (Å²) in [5.41, 5.74) is -0.0765. The molecule has 1 amide bonds. The van der Waals surface area contributed by atoms with Gasteiger partial charge in [0.2, 0.25) is 5.91 Å². The molecule has 132 valence electrons. The van der Waals surface area contributed by atoms with E-state index in [0.717, 1.165) is 18.2 Å². The Morgan fingerprint density at radius 3 is 2.71 bits per heavy atom. The summed E-state index contributed by atoms with van der Waals surface area (Å²) in [6.07, 6.45) is 2.00. The SMILES string of the molecule is O=C(CCC1CCCC1)N1CCS[C@@H]1c1cccc(C(F)(F)F)c1. The standard InChI is InChI=1S/C18H22F3NOS/c19-18(20,21)15-7-3-6-14(12-15)17-22(10-11-24-17)16(23)9-8-13-4-1-2-5-13/h3,6-7,12-13,17H,1-2,4-5,8-11H2/t17-/m1/s1. The molecule has 0 spiro atoms. The van der Waals surface area contributed by atoms with Gasteiger partial charge in [-0.1, -0.05) is 37.8 Å². The fourth-order valence-electron chi connectivity index (χ4n) is 3.64. The van der Waals surface area contributed by atoms with Crippen molar-refractivity contribution in [1.29, 1.82) is 0 Å². The summed E-state index contributed by atoms with van der Waals surface area (Å²) >= 11 is 1.55. The maximum absolute atomic E-state index is 12.9. The van der Waals surface area contributed by atoms with Crippen LogP contribution in [0.1, 0.15) is 55.0 Å². The first-order valence-corrected chi connectivity index (χ1v) is 9.58. The van der Waals surface area contributed by atoms with E-state index in [1.165, 1.54) is 37.8 Å². The first-order chi connectivity index (χ1) is 11.4. The molecule has 1 aliphatic carbocycles. The number of hydrogen-bond acceptors (Lipinski definition) is 2. The fourth-order valence-corrected chi connectivity index (χ4v) is 4.91. The molecule has 0 aromatic heterocycles. The second-order valence-electron chi connectivity index (χ2n) is 6.62. The summed E-state index contributed by atoms with van der Waals surface area (Å²) in [4.78, 5) is 14.3. The highest BCUT2D eigenvalue weighted by Gasteiger charge is 2.34. The molecule has 2 aliphatic rings. The number of thioether (sulfide) groups is 1. The largest absolute Gasteiger partial charge is 0.416 e. The van der Waals surface area contributed by atoms with Crippen molar-refractivity contribution >= 4 is 17.7 Å². The Hall–Kier alpha value is -1.17. The number of carbonyl (C=O) groups excluding carboxylic acids is 1. The molecule has 1 aromatic rings. The van der Waals surface area contributed by atoms with Crippen LogP contribution in [0.25, 0.3) is 0 Å². The summed E-state index contributed by atoms with van der Waals surface area (Å²) in [6.45, 7) is 0.620. The topological polar surface area (TPSA) is 20.3 Å². The van der Waals surface area contributed by atoms with Crippen LogP contribution in [0.3, 0.4) is 0 Å². The summed E-state index contributed by atoms with van der Waals surface area (Å²) in [6, 6.07) is 5.38. The van der Waals surface area contributed by atoms with Gasteiger partial charge in [0.25, 0.3) is 0 Å². The molecule has 1 saturated heterocycles. The zero-order chi connectivity index (χ0) is 17.2. The third kappa shape index (κ3) is 4.08. The molecule has 0 N–H and O–H groups in total. The van der Waals surface area contributed by atoms with Crippen LogP contribution in [0, 0.1) is 5.92 Å². The van der Waals surface area contributed by atoms with Crippen molar-refractivity contribution < 1.29 is 18.0 Å². The Labute approximate surface area is 144 Å². The van der Waals surface area contributed by atoms with E-state index in [2.05, 4.69) is 0 Å². The smallest absolute Gasteiger partial charge is 0.326 e. The Bertz CT molecular complexity index is 584. The highest BCUT2D eigenvalue weighted by atomic mass is 32.2. The summed E-state index contributed by atoms with van der Waals surface area (Å²) < 4.78 is 38.7. The number of alkyl halides is 3. The molecule has 1 heterocycles. The average molecular weight is 357 g/mol. The van der Waals surface area contributed by atoms with E-state index < -0.39 is 11.7 Å². The molecule has 1 atom stereocenters. The maximum Gasteiger partial charge on any atom is 0.416 e. The highest BCUT2D eigenvalue weighted by molar-refractivity contribution is 7.99. The second kappa shape index (κ2) is 7.38. The average Bonchev–Trinajstić information content (AvgIpc) is 3.23. The number of rotatable bonds is 4. The molecule has 2 nitrogen and oxygen atoms in total. The molecular formula is C18H22F3NOS. The molecule has 1 aliphatic heterocycles. The number of nitrogens with zero attached hydrogens (tertiary/aromatic N) is 1. The minimum absolute atomic E-state index is 0.0781. The molecule has 1 saturated carbocycles. The normalized spacial score (nSPS) is 22.3. The van der Waals surface area contributed by atoms with Crippen LogP contribution in [0.4, 0.5) is 13.2 Å². The first kappa shape index (κ1) is 17.6. The number of carbonyl (C=O) groups is 1. The van der Waals surface area contributed by atoms with Crippen LogP contribution >= 0.6 is 11.8 Å². The van der Waals surface area contributed by atoms with Crippen LogP contribution in [0.15, 0.2) is 24.3 Å². The van der Waals surface area contributed by atoms with Gasteiger partial charge in [-0.3, -0.25) is 4.79 Å². The van der Waals surface area contributed by atoms with E-state index in [0.29, 0.717) is 24.4 Å². The van der Waals surface area contributed by atoms with Gasteiger partial charge in [-0.15, -0.1) is 11.8 Å². The van der Waals surface area contributed by atoms with Gasteiger partial charge >= 0.3 is 6.18 Å². The fraction of sp³-hybridized carbons (Fsp3) is 0.611. The minimum atomic E-state index is -4.35. The molecule has 0 radical (unpaired) electrons. The van der Waals surface area contributed by atoms with Gasteiger partial charge in [-0.25, -0.2) is 0 Å². The van der Waals surface area contributed by atoms with Crippen molar-refractivity contribution in [2.24, 2.45) is 5.92 Å². The maximum atomic E-state index is 12.9. The number of halogens is 3. The zero-order valence-corrected chi connectivity index (χ0v) is 14.3. The van der Waals surface area contributed by atoms with Crippen molar-refractivity contribution in [1.82, 2.24) is 4.90 Å². The lowest BCUT2D eigenvalue weighted by atomic mass is 10.0. The molecular weight excluding hydrogens is 335 g/mol. The van der Waals surface area contributed by atoms with Crippen LogP contribution in [0.5, 0.6) is 0 Å². The van der Waals surface area contributed by atoms with Gasteiger partial charge < -0.3 is 4.90 Å². The Kier molecular flexibility index (Phi) is 5.42. The van der Waals surface area contributed by atoms with Crippen molar-refractivity contribution in [3.05, 3.63) is 35.4 Å². The van der Waals surface area contributed by atoms with Gasteiger partial charge in [0.15, 0.2) is 0 Å². The van der Waals surface area contributed by atoms with Gasteiger partial charge in [0.1, 0.15) is 5.37 Å². The van der Waals surface area contributed by atoms with Crippen LogP contribution in [-0.2, 0) is 11.0 Å². The number of hydrogen-bond donors (Lipinski definition) is 0. The third-order valence-electron chi connectivity index (χ3n) is 4.95. The molecule has 0 bridgehead atoms. The van der Waals surface area contributed by atoms with E-state index in [-0.39, 0.29) is 11.3 Å². The predicted molar refractivity (Wildman–Crippen MR) is 89.5 cm³/mol. The van der Waals surface area contributed by atoms with Crippen LogP contribution in [0.2, 0.25) is 0 Å². The summed E-state index contributed by atoms with van der Waals surface area (Å²) in [7, 11) is 0. The molecule has 24 heavy (non-hydrogen) atoms. The highest BCUT2D eigenvalue weighted by Crippen LogP contribution is 2.40. The summed E-state index contributed by atoms with van der Waals surface area (Å²) in [5.74, 6) is 1.50. The van der Waals surface area contributed by atoms with Crippen LogP contribution in [-0.4, -0.2) is 23.1 Å². The molecule has 1 aromatic carbocycles. The quantitative estimate of drug-likeness (QED) is 0.733. The third-order valence-corrected chi connectivity index (χ3v) is 6.21. The number of amides is 1. The van der Waals surface area contributed by atoms with E-state index in [4.69, 9.17) is 0 Å². The van der Waals surface area contributed by atoms with Crippen LogP contribution < -0.4 is 0 Å². The van der Waals surface area contributed by atoms with Gasteiger partial charge in [-0.2, -0.15) is 13.2 Å². The lowest BCUT2D eigenvalue weighted by molar-refractivity contribution is -0.137. The minimum Gasteiger partial charge on any atom is -0.326 e.